The minimum Gasteiger partial charge on any atom is -0.398 e. The van der Waals surface area contributed by atoms with Gasteiger partial charge >= 0.3 is 6.03 Å². The number of anilines is 2. The van der Waals surface area contributed by atoms with Crippen LogP contribution < -0.4 is 21.7 Å². The van der Waals surface area contributed by atoms with Gasteiger partial charge in [-0.05, 0) is 18.6 Å². The number of nitrogens with zero attached hydrogens (tertiary/aromatic N) is 1. The van der Waals surface area contributed by atoms with E-state index in [2.05, 4.69) is 0 Å². The molecule has 0 aromatic heterocycles. The second-order valence-electron chi connectivity index (χ2n) is 3.93. The number of nitrogen functional groups attached to an aromatic ring is 1. The first kappa shape index (κ1) is 11.3. The number of benzene rings is 1. The number of imide groups is 1. The molecule has 0 saturated carbocycles. The molecule has 1 aliphatic heterocycles. The molecular weight excluding hydrogens is 220 g/mol. The van der Waals surface area contributed by atoms with E-state index in [9.17, 15) is 9.59 Å². The Balaban J connectivity index is 2.10. The highest BCUT2D eigenvalue weighted by Crippen LogP contribution is 2.31. The Bertz CT molecular complexity index is 473. The molecule has 1 aromatic carbocycles. The number of urea groups is 1. The van der Waals surface area contributed by atoms with E-state index in [1.807, 2.05) is 28.4 Å². The van der Waals surface area contributed by atoms with Crippen molar-refractivity contribution in [1.82, 2.24) is 5.32 Å². The molecule has 6 heteroatoms. The SMILES string of the molecule is NC(=O)NC(=O)CN1CCc2c(N)cccc21. The highest BCUT2D eigenvalue weighted by molar-refractivity contribution is 5.96. The standard InChI is InChI=1S/C11H14N4O2/c12-8-2-1-3-9-7(8)4-5-15(9)6-10(16)14-11(13)17/h1-3H,4-6,12H2,(H3,13,14,16,17). The largest absolute Gasteiger partial charge is 0.398 e. The van der Waals surface area contributed by atoms with Crippen molar-refractivity contribution in [2.24, 2.45) is 5.73 Å². The summed E-state index contributed by atoms with van der Waals surface area (Å²) in [6.07, 6.45) is 0.811. The molecule has 2 rings (SSSR count). The van der Waals surface area contributed by atoms with Crippen LogP contribution in [0.25, 0.3) is 0 Å². The van der Waals surface area contributed by atoms with Crippen LogP contribution in [0, 0.1) is 0 Å². The van der Waals surface area contributed by atoms with Gasteiger partial charge in [0.1, 0.15) is 0 Å². The molecule has 0 fully saturated rings. The van der Waals surface area contributed by atoms with Gasteiger partial charge in [0.15, 0.2) is 0 Å². The lowest BCUT2D eigenvalue weighted by Gasteiger charge is -2.18. The fourth-order valence-corrected chi connectivity index (χ4v) is 2.04. The maximum atomic E-state index is 11.4. The highest BCUT2D eigenvalue weighted by atomic mass is 16.2. The Hall–Kier alpha value is -2.24. The Kier molecular flexibility index (Phi) is 2.86. The summed E-state index contributed by atoms with van der Waals surface area (Å²) in [5.41, 5.74) is 13.5. The molecule has 5 N–H and O–H groups in total. The van der Waals surface area contributed by atoms with Crippen molar-refractivity contribution in [2.75, 3.05) is 23.7 Å². The van der Waals surface area contributed by atoms with Crippen molar-refractivity contribution >= 4 is 23.3 Å². The fraction of sp³-hybridized carbons (Fsp3) is 0.273. The van der Waals surface area contributed by atoms with Crippen LogP contribution in [0.2, 0.25) is 0 Å². The average molecular weight is 234 g/mol. The fourth-order valence-electron chi connectivity index (χ4n) is 2.04. The highest BCUT2D eigenvalue weighted by Gasteiger charge is 2.22. The zero-order valence-corrected chi connectivity index (χ0v) is 9.27. The third-order valence-electron chi connectivity index (χ3n) is 2.76. The van der Waals surface area contributed by atoms with Crippen LogP contribution in [-0.2, 0) is 11.2 Å². The lowest BCUT2D eigenvalue weighted by Crippen LogP contribution is -2.41. The van der Waals surface area contributed by atoms with E-state index in [1.54, 1.807) is 0 Å². The smallest absolute Gasteiger partial charge is 0.318 e. The summed E-state index contributed by atoms with van der Waals surface area (Å²) >= 11 is 0. The van der Waals surface area contributed by atoms with Crippen LogP contribution >= 0.6 is 0 Å². The molecule has 0 unspecified atom stereocenters. The van der Waals surface area contributed by atoms with Crippen LogP contribution in [0.5, 0.6) is 0 Å². The van der Waals surface area contributed by atoms with Crippen molar-refractivity contribution in [2.45, 2.75) is 6.42 Å². The molecule has 1 heterocycles. The van der Waals surface area contributed by atoms with Gasteiger partial charge in [-0.1, -0.05) is 6.07 Å². The minimum atomic E-state index is -0.831. The summed E-state index contributed by atoms with van der Waals surface area (Å²) in [5, 5.41) is 2.04. The first-order valence-corrected chi connectivity index (χ1v) is 5.29. The summed E-state index contributed by atoms with van der Waals surface area (Å²) < 4.78 is 0. The molecule has 0 bridgehead atoms. The van der Waals surface area contributed by atoms with E-state index in [4.69, 9.17) is 11.5 Å². The van der Waals surface area contributed by atoms with Crippen LogP contribution in [0.3, 0.4) is 0 Å². The average Bonchev–Trinajstić information content (AvgIpc) is 2.62. The van der Waals surface area contributed by atoms with E-state index >= 15 is 0 Å². The summed E-state index contributed by atoms with van der Waals surface area (Å²) in [5.74, 6) is -0.409. The molecule has 90 valence electrons. The van der Waals surface area contributed by atoms with Crippen molar-refractivity contribution in [3.8, 4) is 0 Å². The molecule has 0 atom stereocenters. The Morgan fingerprint density at radius 1 is 1.41 bits per heavy atom. The van der Waals surface area contributed by atoms with Gasteiger partial charge in [0.25, 0.3) is 0 Å². The topological polar surface area (TPSA) is 101 Å². The second-order valence-corrected chi connectivity index (χ2v) is 3.93. The molecule has 0 spiro atoms. The number of fused-ring (bicyclic) bond motifs is 1. The van der Waals surface area contributed by atoms with Crippen LogP contribution in [-0.4, -0.2) is 25.0 Å². The van der Waals surface area contributed by atoms with Crippen LogP contribution in [0.4, 0.5) is 16.2 Å². The van der Waals surface area contributed by atoms with Gasteiger partial charge in [-0.3, -0.25) is 10.1 Å². The normalized spacial score (nSPS) is 13.3. The third-order valence-corrected chi connectivity index (χ3v) is 2.76. The van der Waals surface area contributed by atoms with E-state index in [-0.39, 0.29) is 6.54 Å². The van der Waals surface area contributed by atoms with Gasteiger partial charge in [-0.15, -0.1) is 0 Å². The first-order chi connectivity index (χ1) is 8.08. The monoisotopic (exact) mass is 234 g/mol. The Morgan fingerprint density at radius 2 is 2.18 bits per heavy atom. The molecule has 3 amide bonds. The summed E-state index contributed by atoms with van der Waals surface area (Å²) in [6.45, 7) is 0.828. The molecule has 6 nitrogen and oxygen atoms in total. The molecule has 1 aromatic rings. The maximum Gasteiger partial charge on any atom is 0.318 e. The maximum absolute atomic E-state index is 11.4. The minimum absolute atomic E-state index is 0.111. The van der Waals surface area contributed by atoms with Crippen molar-refractivity contribution in [3.63, 3.8) is 0 Å². The second kappa shape index (κ2) is 4.32. The zero-order chi connectivity index (χ0) is 12.4. The number of carbonyl (C=O) groups excluding carboxylic acids is 2. The molecule has 0 aliphatic carbocycles. The molecule has 0 saturated heterocycles. The number of carbonyl (C=O) groups is 2. The van der Waals surface area contributed by atoms with Gasteiger partial charge in [-0.2, -0.15) is 0 Å². The van der Waals surface area contributed by atoms with Gasteiger partial charge in [0.05, 0.1) is 6.54 Å². The molecule has 1 aliphatic rings. The van der Waals surface area contributed by atoms with Crippen LogP contribution in [0.1, 0.15) is 5.56 Å². The molecular formula is C11H14N4O2. The Labute approximate surface area is 98.6 Å². The number of rotatable bonds is 2. The number of hydrogen-bond acceptors (Lipinski definition) is 4. The van der Waals surface area contributed by atoms with Crippen molar-refractivity contribution in [3.05, 3.63) is 23.8 Å². The molecule has 17 heavy (non-hydrogen) atoms. The number of amides is 3. The first-order valence-electron chi connectivity index (χ1n) is 5.29. The molecule has 0 radical (unpaired) electrons. The van der Waals surface area contributed by atoms with E-state index in [0.29, 0.717) is 0 Å². The lowest BCUT2D eigenvalue weighted by atomic mass is 10.1. The number of nitrogens with two attached hydrogens (primary N) is 2. The predicted molar refractivity (Wildman–Crippen MR) is 64.5 cm³/mol. The number of nitrogens with one attached hydrogen (secondary N) is 1. The van der Waals surface area contributed by atoms with Gasteiger partial charge in [0.2, 0.25) is 5.91 Å². The van der Waals surface area contributed by atoms with Gasteiger partial charge in [-0.25, -0.2) is 4.79 Å². The Morgan fingerprint density at radius 3 is 2.88 bits per heavy atom. The van der Waals surface area contributed by atoms with E-state index < -0.39 is 11.9 Å². The predicted octanol–water partition coefficient (Wildman–Crippen LogP) is -0.174. The third kappa shape index (κ3) is 2.30. The summed E-state index contributed by atoms with van der Waals surface area (Å²) in [7, 11) is 0. The summed E-state index contributed by atoms with van der Waals surface area (Å²) in [4.78, 5) is 23.8. The van der Waals surface area contributed by atoms with E-state index in [0.717, 1.165) is 29.9 Å². The van der Waals surface area contributed by atoms with Crippen molar-refractivity contribution in [1.29, 1.82) is 0 Å². The summed E-state index contributed by atoms with van der Waals surface area (Å²) in [6, 6.07) is 4.77. The van der Waals surface area contributed by atoms with Gasteiger partial charge in [0, 0.05) is 23.5 Å². The quantitative estimate of drug-likeness (QED) is 0.618. The van der Waals surface area contributed by atoms with Crippen molar-refractivity contribution < 1.29 is 9.59 Å². The van der Waals surface area contributed by atoms with E-state index in [1.165, 1.54) is 0 Å². The van der Waals surface area contributed by atoms with Crippen LogP contribution in [0.15, 0.2) is 18.2 Å². The lowest BCUT2D eigenvalue weighted by molar-refractivity contribution is -0.118. The van der Waals surface area contributed by atoms with Gasteiger partial charge < -0.3 is 16.4 Å². The number of hydrogen-bond donors (Lipinski definition) is 3. The number of primary amides is 1. The zero-order valence-electron chi connectivity index (χ0n) is 9.27.